The van der Waals surface area contributed by atoms with E-state index in [0.29, 0.717) is 22.3 Å². The van der Waals surface area contributed by atoms with E-state index in [1.807, 2.05) is 0 Å². The van der Waals surface area contributed by atoms with E-state index in [-0.39, 0.29) is 11.6 Å². The molecule has 0 saturated heterocycles. The summed E-state index contributed by atoms with van der Waals surface area (Å²) in [5.41, 5.74) is 3.71. The number of ketones is 2. The molecule has 0 fully saturated rings. The Bertz CT molecular complexity index is 742. The number of fused-ring (bicyclic) bond motifs is 3. The van der Waals surface area contributed by atoms with E-state index in [2.05, 4.69) is 0 Å². The van der Waals surface area contributed by atoms with Gasteiger partial charge in [0.2, 0.25) is 0 Å². The van der Waals surface area contributed by atoms with E-state index >= 15 is 0 Å². The first kappa shape index (κ1) is 11.5. The van der Waals surface area contributed by atoms with E-state index in [1.165, 1.54) is 6.92 Å². The Hall–Kier alpha value is -2.55. The zero-order valence-electron chi connectivity index (χ0n) is 10.3. The second-order valence-electron chi connectivity index (χ2n) is 4.57. The summed E-state index contributed by atoms with van der Waals surface area (Å²) in [5, 5.41) is 0. The summed E-state index contributed by atoms with van der Waals surface area (Å²) in [6, 6.07) is 10.2. The number of Topliss-reactive ketones (excluding diaryl/α,β-unsaturated/α-hetero) is 1. The lowest BCUT2D eigenvalue weighted by Crippen LogP contribution is -1.99. The van der Waals surface area contributed by atoms with E-state index < -0.39 is 0 Å². The van der Waals surface area contributed by atoms with Gasteiger partial charge in [0, 0.05) is 22.3 Å². The zero-order chi connectivity index (χ0) is 13.6. The molecule has 0 bridgehead atoms. The number of hydrogen-bond donors (Lipinski definition) is 0. The quantitative estimate of drug-likeness (QED) is 0.519. The zero-order valence-corrected chi connectivity index (χ0v) is 10.3. The number of carbonyl (C=O) groups excluding carboxylic acids is 3. The molecule has 3 nitrogen and oxygen atoms in total. The van der Waals surface area contributed by atoms with Crippen LogP contribution in [-0.4, -0.2) is 17.9 Å². The molecule has 1 aliphatic carbocycles. The maximum absolute atomic E-state index is 12.3. The van der Waals surface area contributed by atoms with Gasteiger partial charge in [-0.2, -0.15) is 0 Å². The Balaban J connectivity index is 2.23. The average molecular weight is 250 g/mol. The fourth-order valence-electron chi connectivity index (χ4n) is 2.39. The molecule has 0 spiro atoms. The minimum absolute atomic E-state index is 0.0693. The van der Waals surface area contributed by atoms with Gasteiger partial charge in [0.15, 0.2) is 11.6 Å². The molecule has 0 N–H and O–H groups in total. The molecule has 0 unspecified atom stereocenters. The first-order valence-electron chi connectivity index (χ1n) is 5.91. The van der Waals surface area contributed by atoms with Crippen LogP contribution in [0.25, 0.3) is 11.1 Å². The molecule has 3 heteroatoms. The second kappa shape index (κ2) is 3.99. The molecule has 92 valence electrons. The highest BCUT2D eigenvalue weighted by Gasteiger charge is 2.27. The van der Waals surface area contributed by atoms with Gasteiger partial charge in [-0.25, -0.2) is 0 Å². The largest absolute Gasteiger partial charge is 0.298 e. The van der Waals surface area contributed by atoms with Crippen LogP contribution in [-0.2, 0) is 0 Å². The minimum Gasteiger partial charge on any atom is -0.298 e. The van der Waals surface area contributed by atoms with Gasteiger partial charge in [-0.3, -0.25) is 14.4 Å². The summed E-state index contributed by atoms with van der Waals surface area (Å²) in [5.74, 6) is -0.197. The monoisotopic (exact) mass is 250 g/mol. The van der Waals surface area contributed by atoms with Crippen LogP contribution < -0.4 is 0 Å². The third kappa shape index (κ3) is 1.63. The molecule has 19 heavy (non-hydrogen) atoms. The molecule has 0 aliphatic heterocycles. The van der Waals surface area contributed by atoms with Crippen LogP contribution in [0.3, 0.4) is 0 Å². The van der Waals surface area contributed by atoms with Gasteiger partial charge in [0.05, 0.1) is 0 Å². The minimum atomic E-state index is -0.128. The Morgan fingerprint density at radius 3 is 2.21 bits per heavy atom. The van der Waals surface area contributed by atoms with Crippen molar-refractivity contribution >= 4 is 17.9 Å². The topological polar surface area (TPSA) is 51.2 Å². The number of carbonyl (C=O) groups is 3. The normalized spacial score (nSPS) is 11.9. The Kier molecular flexibility index (Phi) is 2.42. The summed E-state index contributed by atoms with van der Waals surface area (Å²) in [6.45, 7) is 1.47. The number of rotatable bonds is 2. The van der Waals surface area contributed by atoms with Crippen LogP contribution in [0.1, 0.15) is 43.6 Å². The molecule has 2 aromatic rings. The SMILES string of the molecule is CC(=O)c1ccc2c(c1)C(=O)c1cc(C=O)ccc1-2. The van der Waals surface area contributed by atoms with Gasteiger partial charge in [-0.05, 0) is 30.2 Å². The lowest BCUT2D eigenvalue weighted by Gasteiger charge is -2.01. The van der Waals surface area contributed by atoms with Crippen molar-refractivity contribution in [1.29, 1.82) is 0 Å². The summed E-state index contributed by atoms with van der Waals surface area (Å²) >= 11 is 0. The first-order chi connectivity index (χ1) is 9.11. The predicted octanol–water partition coefficient (Wildman–Crippen LogP) is 2.91. The molecule has 2 aromatic carbocycles. The second-order valence-corrected chi connectivity index (χ2v) is 4.57. The van der Waals surface area contributed by atoms with Crippen molar-refractivity contribution in [3.63, 3.8) is 0 Å². The van der Waals surface area contributed by atoms with Gasteiger partial charge in [0.1, 0.15) is 6.29 Å². The van der Waals surface area contributed by atoms with Crippen molar-refractivity contribution in [2.75, 3.05) is 0 Å². The molecule has 3 rings (SSSR count). The summed E-state index contributed by atoms with van der Waals surface area (Å²) in [6.07, 6.45) is 0.720. The summed E-state index contributed by atoms with van der Waals surface area (Å²) in [4.78, 5) is 34.4. The fourth-order valence-corrected chi connectivity index (χ4v) is 2.39. The first-order valence-corrected chi connectivity index (χ1v) is 5.91. The lowest BCUT2D eigenvalue weighted by atomic mass is 10.0. The van der Waals surface area contributed by atoms with Crippen molar-refractivity contribution in [1.82, 2.24) is 0 Å². The van der Waals surface area contributed by atoms with E-state index in [1.54, 1.807) is 36.4 Å². The predicted molar refractivity (Wildman–Crippen MR) is 70.7 cm³/mol. The molecule has 1 aliphatic rings. The van der Waals surface area contributed by atoms with Crippen LogP contribution >= 0.6 is 0 Å². The Morgan fingerprint density at radius 1 is 0.947 bits per heavy atom. The van der Waals surface area contributed by atoms with Crippen LogP contribution in [0, 0.1) is 0 Å². The van der Waals surface area contributed by atoms with Crippen molar-refractivity contribution in [3.8, 4) is 11.1 Å². The summed E-state index contributed by atoms with van der Waals surface area (Å²) < 4.78 is 0. The van der Waals surface area contributed by atoms with Gasteiger partial charge >= 0.3 is 0 Å². The molecular formula is C16H10O3. The van der Waals surface area contributed by atoms with Gasteiger partial charge in [-0.1, -0.05) is 24.3 Å². The van der Waals surface area contributed by atoms with E-state index in [9.17, 15) is 14.4 Å². The third-order valence-corrected chi connectivity index (χ3v) is 3.39. The highest BCUT2D eigenvalue weighted by atomic mass is 16.1. The molecule has 0 amide bonds. The van der Waals surface area contributed by atoms with Gasteiger partial charge in [-0.15, -0.1) is 0 Å². The molecule has 0 saturated carbocycles. The van der Waals surface area contributed by atoms with Crippen LogP contribution in [0.5, 0.6) is 0 Å². The van der Waals surface area contributed by atoms with Crippen molar-refractivity contribution < 1.29 is 14.4 Å². The van der Waals surface area contributed by atoms with Crippen molar-refractivity contribution in [2.45, 2.75) is 6.92 Å². The lowest BCUT2D eigenvalue weighted by molar-refractivity contribution is 0.101. The summed E-state index contributed by atoms with van der Waals surface area (Å²) in [7, 11) is 0. The smallest absolute Gasteiger partial charge is 0.194 e. The van der Waals surface area contributed by atoms with Crippen LogP contribution in [0.4, 0.5) is 0 Å². The van der Waals surface area contributed by atoms with Crippen molar-refractivity contribution in [3.05, 3.63) is 58.7 Å². The van der Waals surface area contributed by atoms with Crippen LogP contribution in [0.2, 0.25) is 0 Å². The molecule has 0 aromatic heterocycles. The maximum atomic E-state index is 12.3. The standard InChI is InChI=1S/C16H10O3/c1-9(18)11-3-5-13-12-4-2-10(8-17)6-14(12)16(19)15(13)7-11/h2-8H,1H3. The molecular weight excluding hydrogens is 240 g/mol. The van der Waals surface area contributed by atoms with Crippen molar-refractivity contribution in [2.24, 2.45) is 0 Å². The molecule has 0 heterocycles. The Morgan fingerprint density at radius 2 is 1.58 bits per heavy atom. The highest BCUT2D eigenvalue weighted by Crippen LogP contribution is 2.37. The van der Waals surface area contributed by atoms with Gasteiger partial charge in [0.25, 0.3) is 0 Å². The molecule has 0 atom stereocenters. The number of hydrogen-bond acceptors (Lipinski definition) is 3. The number of benzene rings is 2. The van der Waals surface area contributed by atoms with E-state index in [4.69, 9.17) is 0 Å². The van der Waals surface area contributed by atoms with Gasteiger partial charge < -0.3 is 0 Å². The average Bonchev–Trinajstić information content (AvgIpc) is 2.71. The maximum Gasteiger partial charge on any atom is 0.194 e. The third-order valence-electron chi connectivity index (χ3n) is 3.39. The fraction of sp³-hybridized carbons (Fsp3) is 0.0625. The Labute approximate surface area is 109 Å². The van der Waals surface area contributed by atoms with Crippen LogP contribution in [0.15, 0.2) is 36.4 Å². The van der Waals surface area contributed by atoms with E-state index in [0.717, 1.165) is 17.4 Å². The molecule has 0 radical (unpaired) electrons. The highest BCUT2D eigenvalue weighted by molar-refractivity contribution is 6.22. The number of aldehydes is 1.